The number of hydrogen-bond donors (Lipinski definition) is 1. The van der Waals surface area contributed by atoms with Gasteiger partial charge in [-0.05, 0) is 41.8 Å². The number of aliphatic imine (C=N–C) groups is 1. The first-order valence-electron chi connectivity index (χ1n) is 9.90. The molecule has 0 saturated carbocycles. The number of rotatable bonds is 6. The lowest BCUT2D eigenvalue weighted by molar-refractivity contribution is -0.184. The minimum absolute atomic E-state index is 0.317. The number of aromatic nitrogens is 2. The normalized spacial score (nSPS) is 15.4. The van der Waals surface area contributed by atoms with E-state index in [1.54, 1.807) is 7.11 Å². The van der Waals surface area contributed by atoms with Crippen LogP contribution in [-0.4, -0.2) is 41.1 Å². The highest BCUT2D eigenvalue weighted by molar-refractivity contribution is 6.30. The number of ether oxygens (including phenoxy) is 2. The molecule has 0 aliphatic carbocycles. The molecule has 160 valence electrons. The smallest absolute Gasteiger partial charge is 0.242 e. The van der Waals surface area contributed by atoms with Gasteiger partial charge in [0.25, 0.3) is 0 Å². The van der Waals surface area contributed by atoms with E-state index in [0.29, 0.717) is 42.1 Å². The monoisotopic (exact) mass is 437 g/mol. The molecule has 7 heteroatoms. The van der Waals surface area contributed by atoms with Gasteiger partial charge < -0.3 is 14.6 Å². The average Bonchev–Trinajstić information content (AvgIpc) is 3.11. The number of nitrogens with zero attached hydrogens (tertiary/aromatic N) is 3. The van der Waals surface area contributed by atoms with Crippen molar-refractivity contribution in [3.05, 3.63) is 94.3 Å². The zero-order valence-electron chi connectivity index (χ0n) is 17.5. The molecule has 0 amide bonds. The third kappa shape index (κ3) is 4.56. The molecule has 0 bridgehead atoms. The van der Waals surface area contributed by atoms with Crippen molar-refractivity contribution in [2.75, 3.05) is 20.3 Å². The lowest BCUT2D eigenvalue weighted by Crippen LogP contribution is -2.46. The van der Waals surface area contributed by atoms with Gasteiger partial charge in [-0.2, -0.15) is 5.10 Å². The van der Waals surface area contributed by atoms with Crippen LogP contribution in [-0.2, 0) is 21.6 Å². The predicted octanol–water partition coefficient (Wildman–Crippen LogP) is 4.17. The number of hydrogen-bond acceptors (Lipinski definition) is 5. The zero-order valence-corrected chi connectivity index (χ0v) is 18.3. The molecule has 1 saturated heterocycles. The van der Waals surface area contributed by atoms with Crippen molar-refractivity contribution in [2.45, 2.75) is 19.1 Å². The molecule has 2 heterocycles. The van der Waals surface area contributed by atoms with E-state index in [4.69, 9.17) is 21.1 Å². The highest BCUT2D eigenvalue weighted by Crippen LogP contribution is 2.30. The molecule has 4 rings (SSSR count). The Morgan fingerprint density at radius 2 is 1.90 bits per heavy atom. The molecule has 6 nitrogen and oxygen atoms in total. The molecule has 1 N–H and O–H groups in total. The van der Waals surface area contributed by atoms with Gasteiger partial charge in [-0.25, -0.2) is 4.99 Å². The Morgan fingerprint density at radius 1 is 1.23 bits per heavy atom. The third-order valence-electron chi connectivity index (χ3n) is 5.31. The predicted molar refractivity (Wildman–Crippen MR) is 121 cm³/mol. The molecular formula is C24H24ClN3O3. The summed E-state index contributed by atoms with van der Waals surface area (Å²) in [7, 11) is 1.56. The quantitative estimate of drug-likeness (QED) is 0.464. The molecule has 0 radical (unpaired) electrons. The first-order valence-corrected chi connectivity index (χ1v) is 10.3. The first-order chi connectivity index (χ1) is 14.9. The van der Waals surface area contributed by atoms with Gasteiger partial charge in [0.15, 0.2) is 0 Å². The molecule has 0 atom stereocenters. The van der Waals surface area contributed by atoms with Crippen LogP contribution in [0.15, 0.2) is 66.2 Å². The highest BCUT2D eigenvalue weighted by atomic mass is 35.5. The Hall–Kier alpha value is -2.93. The Labute approximate surface area is 186 Å². The van der Waals surface area contributed by atoms with E-state index in [9.17, 15) is 5.11 Å². The van der Waals surface area contributed by atoms with Crippen molar-refractivity contribution in [1.29, 1.82) is 0 Å². The molecular weight excluding hydrogens is 414 g/mol. The summed E-state index contributed by atoms with van der Waals surface area (Å²) in [5.41, 5.74) is 4.02. The molecule has 1 fully saturated rings. The molecule has 3 aromatic rings. The Balaban J connectivity index is 1.52. The van der Waals surface area contributed by atoms with E-state index < -0.39 is 5.60 Å². The van der Waals surface area contributed by atoms with Gasteiger partial charge in [0, 0.05) is 10.7 Å². The minimum atomic E-state index is -0.894. The SMILES string of the molecule is C=C(N=C(OC)c1cc(C)n(Cc2ccc(Cl)cc2)n1)c1ccc(C2(O)COC2)cc1. The lowest BCUT2D eigenvalue weighted by atomic mass is 9.91. The Bertz CT molecular complexity index is 1110. The first kappa shape index (κ1) is 21.3. The Morgan fingerprint density at radius 3 is 2.48 bits per heavy atom. The van der Waals surface area contributed by atoms with Crippen molar-refractivity contribution in [3.8, 4) is 0 Å². The molecule has 1 aliphatic rings. The number of aryl methyl sites for hydroxylation is 1. The molecule has 0 unspecified atom stereocenters. The maximum atomic E-state index is 10.4. The van der Waals surface area contributed by atoms with Gasteiger partial charge in [-0.3, -0.25) is 4.68 Å². The number of benzene rings is 2. The van der Waals surface area contributed by atoms with Crippen LogP contribution in [0.1, 0.15) is 28.1 Å². The fourth-order valence-electron chi connectivity index (χ4n) is 3.37. The van der Waals surface area contributed by atoms with Crippen molar-refractivity contribution >= 4 is 23.2 Å². The van der Waals surface area contributed by atoms with Crippen molar-refractivity contribution in [1.82, 2.24) is 9.78 Å². The van der Waals surface area contributed by atoms with Crippen LogP contribution in [0.25, 0.3) is 5.70 Å². The molecule has 1 aliphatic heterocycles. The van der Waals surface area contributed by atoms with E-state index >= 15 is 0 Å². The summed E-state index contributed by atoms with van der Waals surface area (Å²) >= 11 is 5.97. The van der Waals surface area contributed by atoms with Crippen LogP contribution in [0.2, 0.25) is 5.02 Å². The highest BCUT2D eigenvalue weighted by Gasteiger charge is 2.37. The van der Waals surface area contributed by atoms with E-state index in [2.05, 4.69) is 16.7 Å². The van der Waals surface area contributed by atoms with E-state index in [1.165, 1.54) is 0 Å². The fraction of sp³-hybridized carbons (Fsp3) is 0.250. The summed E-state index contributed by atoms with van der Waals surface area (Å²) in [5.74, 6) is 0.387. The van der Waals surface area contributed by atoms with Crippen LogP contribution in [0.5, 0.6) is 0 Å². The summed E-state index contributed by atoms with van der Waals surface area (Å²) in [6.07, 6.45) is 0. The molecule has 0 spiro atoms. The summed E-state index contributed by atoms with van der Waals surface area (Å²) in [5, 5.41) is 15.7. The van der Waals surface area contributed by atoms with Crippen LogP contribution in [0.4, 0.5) is 0 Å². The van der Waals surface area contributed by atoms with E-state index in [-0.39, 0.29) is 0 Å². The molecule has 1 aromatic heterocycles. The van der Waals surface area contributed by atoms with Gasteiger partial charge in [0.05, 0.1) is 32.6 Å². The third-order valence-corrected chi connectivity index (χ3v) is 5.56. The topological polar surface area (TPSA) is 68.9 Å². The van der Waals surface area contributed by atoms with Crippen LogP contribution >= 0.6 is 11.6 Å². The summed E-state index contributed by atoms with van der Waals surface area (Å²) in [6, 6.07) is 17.1. The van der Waals surface area contributed by atoms with Crippen LogP contribution < -0.4 is 0 Å². The fourth-order valence-corrected chi connectivity index (χ4v) is 3.49. The maximum Gasteiger partial charge on any atom is 0.242 e. The molecule has 2 aromatic carbocycles. The number of aliphatic hydroxyl groups is 1. The molecule has 31 heavy (non-hydrogen) atoms. The lowest BCUT2D eigenvalue weighted by Gasteiger charge is -2.36. The van der Waals surface area contributed by atoms with Gasteiger partial charge in [0.1, 0.15) is 11.3 Å². The maximum absolute atomic E-state index is 10.4. The van der Waals surface area contributed by atoms with Gasteiger partial charge in [-0.15, -0.1) is 0 Å². The van der Waals surface area contributed by atoms with E-state index in [1.807, 2.05) is 66.2 Å². The van der Waals surface area contributed by atoms with Crippen LogP contribution in [0, 0.1) is 6.92 Å². The van der Waals surface area contributed by atoms with Crippen LogP contribution in [0.3, 0.4) is 0 Å². The minimum Gasteiger partial charge on any atom is -0.479 e. The van der Waals surface area contributed by atoms with Gasteiger partial charge >= 0.3 is 0 Å². The second-order valence-corrected chi connectivity index (χ2v) is 8.06. The summed E-state index contributed by atoms with van der Waals surface area (Å²) in [6.45, 7) is 7.31. The van der Waals surface area contributed by atoms with Crippen molar-refractivity contribution in [3.63, 3.8) is 0 Å². The zero-order chi connectivity index (χ0) is 22.0. The standard InChI is InChI=1S/C24H24ClN3O3/c1-16-12-22(27-28(16)13-18-4-10-21(25)11-5-18)23(30-3)26-17(2)19-6-8-20(9-7-19)24(29)14-31-15-24/h4-12,29H,2,13-15H2,1,3H3. The number of methoxy groups -OCH3 is 1. The van der Waals surface area contributed by atoms with Crippen molar-refractivity contribution < 1.29 is 14.6 Å². The summed E-state index contributed by atoms with van der Waals surface area (Å²) in [4.78, 5) is 4.55. The number of halogens is 1. The second kappa shape index (κ2) is 8.67. The van der Waals surface area contributed by atoms with Gasteiger partial charge in [0.2, 0.25) is 5.90 Å². The van der Waals surface area contributed by atoms with Gasteiger partial charge in [-0.1, -0.05) is 54.6 Å². The van der Waals surface area contributed by atoms with Crippen molar-refractivity contribution in [2.24, 2.45) is 4.99 Å². The van der Waals surface area contributed by atoms with E-state index in [0.717, 1.165) is 22.4 Å². The average molecular weight is 438 g/mol. The largest absolute Gasteiger partial charge is 0.479 e. The Kier molecular flexibility index (Phi) is 5.96. The second-order valence-electron chi connectivity index (χ2n) is 7.62. The summed E-state index contributed by atoms with van der Waals surface area (Å²) < 4.78 is 12.5.